The molecule has 0 aromatic heterocycles. The topological polar surface area (TPSA) is 169 Å². The van der Waals surface area contributed by atoms with E-state index in [9.17, 15) is 24.4 Å². The maximum Gasteiger partial charge on any atom is 0.475 e. The van der Waals surface area contributed by atoms with Crippen LogP contribution in [0.25, 0.3) is 0 Å². The fourth-order valence-electron chi connectivity index (χ4n) is 3.86. The van der Waals surface area contributed by atoms with Crippen LogP contribution < -0.4 is 16.4 Å². The highest BCUT2D eigenvalue weighted by atomic mass is 32.2. The number of carbonyl (C=O) groups excluding carboxylic acids is 3. The van der Waals surface area contributed by atoms with Crippen LogP contribution in [0.2, 0.25) is 0 Å². The lowest BCUT2D eigenvalue weighted by Crippen LogP contribution is -2.56. The Labute approximate surface area is 198 Å². The van der Waals surface area contributed by atoms with Gasteiger partial charge in [0.2, 0.25) is 17.7 Å². The van der Waals surface area contributed by atoms with E-state index in [0.717, 1.165) is 17.3 Å². The quantitative estimate of drug-likeness (QED) is 0.109. The van der Waals surface area contributed by atoms with Crippen molar-refractivity contribution in [2.24, 2.45) is 5.73 Å². The number of rotatable bonds is 11. The van der Waals surface area contributed by atoms with Gasteiger partial charge in [0.05, 0.1) is 5.94 Å². The molecule has 7 N–H and O–H groups in total. The third-order valence-electron chi connectivity index (χ3n) is 5.40. The number of hydrogen-bond donors (Lipinski definition) is 6. The number of amidine groups is 1. The molecule has 0 unspecified atom stereocenters. The molecule has 1 aromatic rings. The Morgan fingerprint density at radius 2 is 1.97 bits per heavy atom. The zero-order chi connectivity index (χ0) is 24.4. The highest BCUT2D eigenvalue weighted by Crippen LogP contribution is 2.20. The molecule has 180 valence electrons. The van der Waals surface area contributed by atoms with Crippen molar-refractivity contribution in [1.82, 2.24) is 15.5 Å². The number of nitrogens with one attached hydrogen (secondary N) is 3. The average Bonchev–Trinajstić information content (AvgIpc) is 3.25. The molecular formula is C21H32BN5O5S. The molecule has 33 heavy (non-hydrogen) atoms. The fourth-order valence-corrected chi connectivity index (χ4v) is 4.39. The van der Waals surface area contributed by atoms with Crippen molar-refractivity contribution in [2.75, 3.05) is 12.3 Å². The summed E-state index contributed by atoms with van der Waals surface area (Å²) >= 11 is 1.14. The summed E-state index contributed by atoms with van der Waals surface area (Å²) in [4.78, 5) is 39.4. The predicted molar refractivity (Wildman–Crippen MR) is 128 cm³/mol. The van der Waals surface area contributed by atoms with Crippen LogP contribution in [-0.4, -0.2) is 75.3 Å². The number of amides is 3. The van der Waals surface area contributed by atoms with E-state index >= 15 is 0 Å². The average molecular weight is 477 g/mol. The smallest absolute Gasteiger partial charge is 0.426 e. The summed E-state index contributed by atoms with van der Waals surface area (Å²) in [6.45, 7) is 1.72. The minimum Gasteiger partial charge on any atom is -0.426 e. The van der Waals surface area contributed by atoms with E-state index in [1.807, 2.05) is 30.3 Å². The van der Waals surface area contributed by atoms with Gasteiger partial charge >= 0.3 is 7.12 Å². The zero-order valence-corrected chi connectivity index (χ0v) is 19.5. The van der Waals surface area contributed by atoms with Crippen LogP contribution in [0, 0.1) is 5.41 Å². The monoisotopic (exact) mass is 477 g/mol. The summed E-state index contributed by atoms with van der Waals surface area (Å²) in [5.74, 6) is -1.53. The Kier molecular flexibility index (Phi) is 10.7. The molecule has 0 saturated carbocycles. The van der Waals surface area contributed by atoms with Gasteiger partial charge < -0.3 is 31.3 Å². The van der Waals surface area contributed by atoms with Crippen molar-refractivity contribution in [3.63, 3.8) is 0 Å². The van der Waals surface area contributed by atoms with Crippen molar-refractivity contribution < 1.29 is 24.4 Å². The van der Waals surface area contributed by atoms with Gasteiger partial charge in [-0.25, -0.2) is 0 Å². The van der Waals surface area contributed by atoms with Crippen molar-refractivity contribution in [2.45, 2.75) is 57.1 Å². The van der Waals surface area contributed by atoms with Gasteiger partial charge in [0.15, 0.2) is 5.17 Å². The van der Waals surface area contributed by atoms with E-state index in [4.69, 9.17) is 11.1 Å². The Hall–Kier alpha value is -2.57. The number of nitrogens with zero attached hydrogens (tertiary/aromatic N) is 1. The first-order valence-corrected chi connectivity index (χ1v) is 11.9. The fraction of sp³-hybridized carbons (Fsp3) is 0.524. The van der Waals surface area contributed by atoms with E-state index in [0.29, 0.717) is 38.0 Å². The summed E-state index contributed by atoms with van der Waals surface area (Å²) in [5.41, 5.74) is 6.18. The molecule has 10 nitrogen and oxygen atoms in total. The number of nitrogens with two attached hydrogens (primary N) is 1. The molecule has 0 aliphatic carbocycles. The second-order valence-corrected chi connectivity index (χ2v) is 9.15. The van der Waals surface area contributed by atoms with E-state index in [1.165, 1.54) is 11.8 Å². The van der Waals surface area contributed by atoms with Crippen LogP contribution in [-0.2, 0) is 20.8 Å². The maximum atomic E-state index is 13.3. The van der Waals surface area contributed by atoms with Crippen molar-refractivity contribution >= 4 is 41.8 Å². The SMILES string of the molecule is CC(=O)N[C@H](Cc1ccccc1)C(=O)N1CCC[C@H]1C(=O)N[C@@H](CCCSC(=N)N)B(O)O. The maximum absolute atomic E-state index is 13.3. The first kappa shape index (κ1) is 26.7. The molecule has 1 fully saturated rings. The molecular weight excluding hydrogens is 445 g/mol. The minimum atomic E-state index is -1.76. The molecule has 0 radical (unpaired) electrons. The summed E-state index contributed by atoms with van der Waals surface area (Å²) < 4.78 is 0. The third kappa shape index (κ3) is 8.71. The first-order chi connectivity index (χ1) is 15.7. The van der Waals surface area contributed by atoms with Crippen LogP contribution in [0.4, 0.5) is 0 Å². The van der Waals surface area contributed by atoms with Crippen LogP contribution in [0.15, 0.2) is 30.3 Å². The largest absolute Gasteiger partial charge is 0.475 e. The Balaban J connectivity index is 2.04. The molecule has 3 atom stereocenters. The lowest BCUT2D eigenvalue weighted by Gasteiger charge is -2.30. The minimum absolute atomic E-state index is 0.0236. The lowest BCUT2D eigenvalue weighted by molar-refractivity contribution is -0.141. The van der Waals surface area contributed by atoms with Gasteiger partial charge in [-0.3, -0.25) is 19.8 Å². The molecule has 1 heterocycles. The highest BCUT2D eigenvalue weighted by Gasteiger charge is 2.39. The molecule has 12 heteroatoms. The molecule has 2 rings (SSSR count). The van der Waals surface area contributed by atoms with E-state index < -0.39 is 31.1 Å². The zero-order valence-electron chi connectivity index (χ0n) is 18.7. The number of hydrogen-bond acceptors (Lipinski definition) is 7. The number of likely N-dealkylation sites (tertiary alicyclic amines) is 1. The number of carbonyl (C=O) groups is 3. The van der Waals surface area contributed by atoms with Crippen LogP contribution in [0.3, 0.4) is 0 Å². The summed E-state index contributed by atoms with van der Waals surface area (Å²) in [6, 6.07) is 7.75. The van der Waals surface area contributed by atoms with Crippen molar-refractivity contribution in [1.29, 1.82) is 5.41 Å². The molecule has 1 saturated heterocycles. The van der Waals surface area contributed by atoms with E-state index in [1.54, 1.807) is 0 Å². The van der Waals surface area contributed by atoms with Crippen molar-refractivity contribution in [3.8, 4) is 0 Å². The van der Waals surface area contributed by atoms with Crippen molar-refractivity contribution in [3.05, 3.63) is 35.9 Å². The van der Waals surface area contributed by atoms with Gasteiger partial charge in [0, 0.05) is 25.6 Å². The van der Waals surface area contributed by atoms with Gasteiger partial charge in [-0.05, 0) is 31.2 Å². The molecule has 1 aliphatic heterocycles. The van der Waals surface area contributed by atoms with Crippen LogP contribution in [0.5, 0.6) is 0 Å². The van der Waals surface area contributed by atoms with Gasteiger partial charge in [0.25, 0.3) is 0 Å². The second-order valence-electron chi connectivity index (χ2n) is 8.02. The van der Waals surface area contributed by atoms with Gasteiger partial charge in [0.1, 0.15) is 12.1 Å². The van der Waals surface area contributed by atoms with Crippen LogP contribution in [0.1, 0.15) is 38.2 Å². The number of benzene rings is 1. The molecule has 0 bridgehead atoms. The summed E-state index contributed by atoms with van der Waals surface area (Å²) in [6.07, 6.45) is 2.18. The van der Waals surface area contributed by atoms with E-state index in [2.05, 4.69) is 10.6 Å². The Morgan fingerprint density at radius 1 is 1.27 bits per heavy atom. The Bertz CT molecular complexity index is 829. The molecule has 1 aliphatic rings. The van der Waals surface area contributed by atoms with Crippen LogP contribution >= 0.6 is 11.8 Å². The molecule has 3 amide bonds. The standard InChI is InChI=1S/C21H32BN5O5S/c1-14(28)25-16(13-15-7-3-2-4-8-15)20(30)27-11-5-9-17(27)19(29)26-18(22(31)32)10-6-12-33-21(23)24/h2-4,7-8,16-18,31-32H,5-6,9-13H2,1H3,(H3,23,24)(H,25,28)(H,26,29)/t16-,17+,18+/m1/s1. The number of thioether (sulfide) groups is 1. The second kappa shape index (κ2) is 13.2. The van der Waals surface area contributed by atoms with Gasteiger partial charge in [-0.15, -0.1) is 0 Å². The lowest BCUT2D eigenvalue weighted by atomic mass is 9.76. The molecule has 1 aromatic carbocycles. The first-order valence-electron chi connectivity index (χ1n) is 10.9. The normalized spacial score (nSPS) is 17.2. The van der Waals surface area contributed by atoms with E-state index in [-0.39, 0.29) is 23.4 Å². The summed E-state index contributed by atoms with van der Waals surface area (Å²) in [5, 5.41) is 31.9. The predicted octanol–water partition coefficient (Wildman–Crippen LogP) is -0.372. The third-order valence-corrected chi connectivity index (χ3v) is 6.21. The van der Waals surface area contributed by atoms with Gasteiger partial charge in [-0.2, -0.15) is 0 Å². The Morgan fingerprint density at radius 3 is 2.58 bits per heavy atom. The highest BCUT2D eigenvalue weighted by molar-refractivity contribution is 8.13. The molecule has 0 spiro atoms. The van der Waals surface area contributed by atoms with Gasteiger partial charge in [-0.1, -0.05) is 42.1 Å². The summed E-state index contributed by atoms with van der Waals surface area (Å²) in [7, 11) is -1.76.